The van der Waals surface area contributed by atoms with Crippen LogP contribution in [0.25, 0.3) is 0 Å². The average molecular weight is 444 g/mol. The van der Waals surface area contributed by atoms with Gasteiger partial charge in [-0.15, -0.1) is 0 Å². The standard InChI is InChI=1S/C22H18ClNO5S/c1-15-2-12-20(13-3-15)30(28,29)22(17-4-8-18(23)9-5-17)14-21(25)16-6-10-19(11-7-16)24(26)27/h2-13,22H,14H2,1H3/t22-/m1/s1. The summed E-state index contributed by atoms with van der Waals surface area (Å²) >= 11 is 5.94. The summed E-state index contributed by atoms with van der Waals surface area (Å²) in [5.41, 5.74) is 1.42. The second kappa shape index (κ2) is 8.77. The molecule has 3 aromatic rings. The van der Waals surface area contributed by atoms with E-state index in [0.29, 0.717) is 10.6 Å². The molecule has 0 fully saturated rings. The Morgan fingerprint density at radius 1 is 0.967 bits per heavy atom. The molecule has 0 heterocycles. The Morgan fingerprint density at radius 2 is 1.53 bits per heavy atom. The lowest BCUT2D eigenvalue weighted by atomic mass is 10.0. The molecule has 0 aliphatic rings. The molecule has 0 bridgehead atoms. The van der Waals surface area contributed by atoms with Gasteiger partial charge in [0.15, 0.2) is 15.6 Å². The smallest absolute Gasteiger partial charge is 0.269 e. The number of ketones is 1. The van der Waals surface area contributed by atoms with Gasteiger partial charge < -0.3 is 0 Å². The van der Waals surface area contributed by atoms with Gasteiger partial charge in [0.25, 0.3) is 5.69 Å². The molecule has 0 radical (unpaired) electrons. The van der Waals surface area contributed by atoms with E-state index in [1.807, 2.05) is 6.92 Å². The molecule has 3 rings (SSSR count). The van der Waals surface area contributed by atoms with E-state index in [1.54, 1.807) is 36.4 Å². The summed E-state index contributed by atoms with van der Waals surface area (Å²) < 4.78 is 26.7. The zero-order valence-electron chi connectivity index (χ0n) is 16.0. The van der Waals surface area contributed by atoms with E-state index in [1.165, 1.54) is 36.4 Å². The van der Waals surface area contributed by atoms with Crippen LogP contribution in [0.4, 0.5) is 5.69 Å². The summed E-state index contributed by atoms with van der Waals surface area (Å²) in [4.78, 5) is 23.2. The van der Waals surface area contributed by atoms with Crippen molar-refractivity contribution in [2.24, 2.45) is 0 Å². The Hall–Kier alpha value is -3.03. The number of halogens is 1. The molecule has 30 heavy (non-hydrogen) atoms. The van der Waals surface area contributed by atoms with E-state index in [9.17, 15) is 23.3 Å². The zero-order chi connectivity index (χ0) is 21.9. The van der Waals surface area contributed by atoms with Crippen LogP contribution >= 0.6 is 11.6 Å². The number of rotatable bonds is 7. The molecule has 0 aliphatic carbocycles. The van der Waals surface area contributed by atoms with Gasteiger partial charge in [-0.25, -0.2) is 8.42 Å². The van der Waals surface area contributed by atoms with E-state index < -0.39 is 25.8 Å². The third-order valence-corrected chi connectivity index (χ3v) is 7.11. The van der Waals surface area contributed by atoms with Crippen molar-refractivity contribution in [2.45, 2.75) is 23.5 Å². The predicted molar refractivity (Wildman–Crippen MR) is 115 cm³/mol. The molecule has 6 nitrogen and oxygen atoms in total. The summed E-state index contributed by atoms with van der Waals surface area (Å²) in [6.07, 6.45) is -0.310. The fourth-order valence-electron chi connectivity index (χ4n) is 3.03. The summed E-state index contributed by atoms with van der Waals surface area (Å²) in [6, 6.07) is 17.9. The first-order valence-electron chi connectivity index (χ1n) is 9.02. The van der Waals surface area contributed by atoms with E-state index in [4.69, 9.17) is 11.6 Å². The van der Waals surface area contributed by atoms with Crippen LogP contribution in [0.3, 0.4) is 0 Å². The normalized spacial score (nSPS) is 12.3. The minimum atomic E-state index is -3.88. The van der Waals surface area contributed by atoms with E-state index >= 15 is 0 Å². The van der Waals surface area contributed by atoms with Crippen molar-refractivity contribution in [3.63, 3.8) is 0 Å². The average Bonchev–Trinajstić information content (AvgIpc) is 2.73. The van der Waals surface area contributed by atoms with E-state index in [2.05, 4.69) is 0 Å². The Bertz CT molecular complexity index is 1170. The highest BCUT2D eigenvalue weighted by Crippen LogP contribution is 2.34. The molecule has 0 aliphatic heterocycles. The van der Waals surface area contributed by atoms with Crippen LogP contribution in [0.15, 0.2) is 77.7 Å². The molecular formula is C22H18ClNO5S. The van der Waals surface area contributed by atoms with Gasteiger partial charge in [-0.3, -0.25) is 14.9 Å². The van der Waals surface area contributed by atoms with Crippen molar-refractivity contribution in [3.05, 3.63) is 105 Å². The topological polar surface area (TPSA) is 94.3 Å². The third kappa shape index (κ3) is 4.75. The van der Waals surface area contributed by atoms with Gasteiger partial charge in [0.2, 0.25) is 0 Å². The molecule has 3 aromatic carbocycles. The number of hydrogen-bond acceptors (Lipinski definition) is 5. The van der Waals surface area contributed by atoms with Crippen LogP contribution in [0.5, 0.6) is 0 Å². The van der Waals surface area contributed by atoms with Crippen LogP contribution in [0.2, 0.25) is 5.02 Å². The number of non-ortho nitro benzene ring substituents is 1. The second-order valence-corrected chi connectivity index (χ2v) is 9.40. The number of Topliss-reactive ketones (excluding diaryl/α,β-unsaturated/α-hetero) is 1. The van der Waals surface area contributed by atoms with Crippen LogP contribution in [-0.4, -0.2) is 19.1 Å². The first kappa shape index (κ1) is 21.7. The molecular weight excluding hydrogens is 426 g/mol. The Morgan fingerprint density at radius 3 is 2.07 bits per heavy atom. The van der Waals surface area contributed by atoms with Crippen LogP contribution in [-0.2, 0) is 9.84 Å². The number of sulfone groups is 1. The number of aryl methyl sites for hydroxylation is 1. The van der Waals surface area contributed by atoms with Crippen LogP contribution < -0.4 is 0 Å². The van der Waals surface area contributed by atoms with E-state index in [-0.39, 0.29) is 22.6 Å². The maximum Gasteiger partial charge on any atom is 0.269 e. The molecule has 0 saturated heterocycles. The second-order valence-electron chi connectivity index (χ2n) is 6.83. The Kier molecular flexibility index (Phi) is 6.34. The minimum absolute atomic E-state index is 0.115. The molecule has 0 unspecified atom stereocenters. The number of nitro groups is 1. The largest absolute Gasteiger partial charge is 0.294 e. The van der Waals surface area contributed by atoms with Crippen molar-refractivity contribution < 1.29 is 18.1 Å². The molecule has 0 spiro atoms. The minimum Gasteiger partial charge on any atom is -0.294 e. The number of carbonyl (C=O) groups is 1. The summed E-state index contributed by atoms with van der Waals surface area (Å²) in [5.74, 6) is -0.430. The zero-order valence-corrected chi connectivity index (χ0v) is 17.6. The SMILES string of the molecule is Cc1ccc(S(=O)(=O)[C@H](CC(=O)c2ccc([N+](=O)[O-])cc2)c2ccc(Cl)cc2)cc1. The first-order valence-corrected chi connectivity index (χ1v) is 10.9. The van der Waals surface area contributed by atoms with Gasteiger partial charge in [-0.1, -0.05) is 41.4 Å². The molecule has 154 valence electrons. The number of nitro benzene ring substituents is 1. The Labute approximate surface area is 179 Å². The molecule has 0 saturated carbocycles. The van der Waals surface area contributed by atoms with Gasteiger partial charge in [0.1, 0.15) is 0 Å². The van der Waals surface area contributed by atoms with Crippen LogP contribution in [0.1, 0.15) is 33.2 Å². The highest BCUT2D eigenvalue weighted by atomic mass is 35.5. The van der Waals surface area contributed by atoms with Gasteiger partial charge in [-0.2, -0.15) is 0 Å². The van der Waals surface area contributed by atoms with Crippen LogP contribution in [0, 0.1) is 17.0 Å². The lowest BCUT2D eigenvalue weighted by Crippen LogP contribution is -2.18. The van der Waals surface area contributed by atoms with Crippen molar-refractivity contribution in [3.8, 4) is 0 Å². The molecule has 0 aromatic heterocycles. The maximum atomic E-state index is 13.4. The quantitative estimate of drug-likeness (QED) is 0.279. The van der Waals surface area contributed by atoms with Gasteiger partial charge in [-0.05, 0) is 48.9 Å². The number of benzene rings is 3. The highest BCUT2D eigenvalue weighted by molar-refractivity contribution is 7.91. The van der Waals surface area contributed by atoms with Gasteiger partial charge in [0, 0.05) is 29.1 Å². The summed E-state index contributed by atoms with van der Waals surface area (Å²) in [5, 5.41) is 10.1. The number of carbonyl (C=O) groups excluding carboxylic acids is 1. The molecule has 0 amide bonds. The van der Waals surface area contributed by atoms with Crippen molar-refractivity contribution in [2.75, 3.05) is 0 Å². The molecule has 0 N–H and O–H groups in total. The molecule has 8 heteroatoms. The number of nitrogens with zero attached hydrogens (tertiary/aromatic N) is 1. The summed E-state index contributed by atoms with van der Waals surface area (Å²) in [6.45, 7) is 1.85. The van der Waals surface area contributed by atoms with Crippen molar-refractivity contribution in [1.29, 1.82) is 0 Å². The van der Waals surface area contributed by atoms with E-state index in [0.717, 1.165) is 5.56 Å². The molecule has 1 atom stereocenters. The third-order valence-electron chi connectivity index (χ3n) is 4.74. The van der Waals surface area contributed by atoms with Crippen molar-refractivity contribution in [1.82, 2.24) is 0 Å². The lowest BCUT2D eigenvalue weighted by Gasteiger charge is -2.18. The fourth-order valence-corrected chi connectivity index (χ4v) is 4.89. The monoisotopic (exact) mass is 443 g/mol. The first-order chi connectivity index (χ1) is 14.2. The number of hydrogen-bond donors (Lipinski definition) is 0. The van der Waals surface area contributed by atoms with Gasteiger partial charge in [0.05, 0.1) is 15.1 Å². The Balaban J connectivity index is 1.99. The predicted octanol–water partition coefficient (Wildman–Crippen LogP) is 5.34. The lowest BCUT2D eigenvalue weighted by molar-refractivity contribution is -0.384. The maximum absolute atomic E-state index is 13.4. The van der Waals surface area contributed by atoms with Crippen molar-refractivity contribution >= 4 is 32.9 Å². The fraction of sp³-hybridized carbons (Fsp3) is 0.136. The van der Waals surface area contributed by atoms with Gasteiger partial charge >= 0.3 is 0 Å². The highest BCUT2D eigenvalue weighted by Gasteiger charge is 2.31. The summed E-state index contributed by atoms with van der Waals surface area (Å²) in [7, 11) is -3.88.